The van der Waals surface area contributed by atoms with Gasteiger partial charge in [0.1, 0.15) is 11.7 Å². The van der Waals surface area contributed by atoms with Crippen LogP contribution in [0.1, 0.15) is 5.56 Å². The van der Waals surface area contributed by atoms with Crippen molar-refractivity contribution in [2.24, 2.45) is 5.73 Å². The number of hydrogen-bond acceptors (Lipinski definition) is 1. The van der Waals surface area contributed by atoms with Crippen molar-refractivity contribution in [1.29, 1.82) is 5.41 Å². The maximum absolute atomic E-state index is 12.4. The molecule has 0 atom stereocenters. The Morgan fingerprint density at radius 1 is 1.42 bits per heavy atom. The van der Waals surface area contributed by atoms with Gasteiger partial charge in [0.2, 0.25) is 0 Å². The van der Waals surface area contributed by atoms with Gasteiger partial charge < -0.3 is 11.2 Å². The highest BCUT2D eigenvalue weighted by atomic mass is 35.5. The molecule has 1 aromatic carbocycles. The third-order valence-corrected chi connectivity index (χ3v) is 1.14. The number of nitrogen functional groups attached to an aromatic ring is 1. The minimum atomic E-state index is -0.368. The maximum Gasteiger partial charge on any atom is 0.123 e. The van der Waals surface area contributed by atoms with E-state index in [0.29, 0.717) is 5.56 Å². The minimum Gasteiger partial charge on any atom is -0.412 e. The van der Waals surface area contributed by atoms with Gasteiger partial charge in [0.05, 0.1) is 0 Å². The Kier molecular flexibility index (Phi) is 6.18. The Hall–Kier alpha value is -1.13. The van der Waals surface area contributed by atoms with Crippen LogP contribution in [0.25, 0.3) is 0 Å². The zero-order chi connectivity index (χ0) is 7.56. The number of nitrogens with one attached hydrogen (secondary N) is 1. The lowest BCUT2D eigenvalue weighted by Gasteiger charge is -1.95. The van der Waals surface area contributed by atoms with Crippen molar-refractivity contribution >= 4 is 18.2 Å². The molecule has 0 fully saturated rings. The van der Waals surface area contributed by atoms with Crippen LogP contribution in [0.3, 0.4) is 0 Å². The smallest absolute Gasteiger partial charge is 0.123 e. The molecule has 0 unspecified atom stereocenters. The lowest BCUT2D eigenvalue weighted by atomic mass is 10.2. The SMILES string of the molecule is Cl.N=C(N)c1cccc(F)c1.O. The summed E-state index contributed by atoms with van der Waals surface area (Å²) in [4.78, 5) is 0. The first-order valence-corrected chi connectivity index (χ1v) is 2.80. The van der Waals surface area contributed by atoms with Gasteiger partial charge in [-0.25, -0.2) is 4.39 Å². The molecule has 0 saturated heterocycles. The van der Waals surface area contributed by atoms with Gasteiger partial charge in [-0.15, -0.1) is 12.4 Å². The molecule has 3 nitrogen and oxygen atoms in total. The molecule has 0 saturated carbocycles. The summed E-state index contributed by atoms with van der Waals surface area (Å²) in [5.41, 5.74) is 5.52. The van der Waals surface area contributed by atoms with E-state index in [4.69, 9.17) is 11.1 Å². The van der Waals surface area contributed by atoms with Gasteiger partial charge in [-0.3, -0.25) is 5.41 Å². The van der Waals surface area contributed by atoms with E-state index in [-0.39, 0.29) is 29.5 Å². The van der Waals surface area contributed by atoms with Crippen LogP contribution in [-0.2, 0) is 0 Å². The van der Waals surface area contributed by atoms with E-state index in [1.165, 1.54) is 18.2 Å². The second kappa shape index (κ2) is 5.51. The molecule has 0 aliphatic rings. The third-order valence-electron chi connectivity index (χ3n) is 1.14. The van der Waals surface area contributed by atoms with E-state index >= 15 is 0 Å². The fourth-order valence-corrected chi connectivity index (χ4v) is 0.656. The molecule has 0 bridgehead atoms. The second-order valence-electron chi connectivity index (χ2n) is 1.92. The summed E-state index contributed by atoms with van der Waals surface area (Å²) in [5, 5.41) is 6.94. The lowest BCUT2D eigenvalue weighted by Crippen LogP contribution is -2.10. The third kappa shape index (κ3) is 3.32. The van der Waals surface area contributed by atoms with Crippen LogP contribution in [0.5, 0.6) is 0 Å². The van der Waals surface area contributed by atoms with Crippen molar-refractivity contribution in [3.63, 3.8) is 0 Å². The van der Waals surface area contributed by atoms with Gasteiger partial charge in [-0.1, -0.05) is 12.1 Å². The second-order valence-corrected chi connectivity index (χ2v) is 1.92. The largest absolute Gasteiger partial charge is 0.412 e. The molecule has 1 rings (SSSR count). The fourth-order valence-electron chi connectivity index (χ4n) is 0.656. The van der Waals surface area contributed by atoms with Crippen LogP contribution < -0.4 is 5.73 Å². The minimum absolute atomic E-state index is 0. The highest BCUT2D eigenvalue weighted by Crippen LogP contribution is 2.01. The summed E-state index contributed by atoms with van der Waals surface area (Å²) < 4.78 is 12.4. The summed E-state index contributed by atoms with van der Waals surface area (Å²) in [6.07, 6.45) is 0. The quantitative estimate of drug-likeness (QED) is 0.499. The summed E-state index contributed by atoms with van der Waals surface area (Å²) in [6, 6.07) is 5.65. The molecular weight excluding hydrogens is 183 g/mol. The number of benzene rings is 1. The van der Waals surface area contributed by atoms with Crippen molar-refractivity contribution < 1.29 is 9.87 Å². The van der Waals surface area contributed by atoms with E-state index < -0.39 is 0 Å². The summed E-state index contributed by atoms with van der Waals surface area (Å²) in [5.74, 6) is -0.479. The molecule has 0 amide bonds. The molecule has 0 spiro atoms. The van der Waals surface area contributed by atoms with Gasteiger partial charge in [0, 0.05) is 5.56 Å². The Bertz CT molecular complexity index is 267. The molecule has 1 aromatic rings. The first-order chi connectivity index (χ1) is 4.70. The van der Waals surface area contributed by atoms with Gasteiger partial charge in [-0.05, 0) is 12.1 Å². The lowest BCUT2D eigenvalue weighted by molar-refractivity contribution is 0.627. The Balaban J connectivity index is 0. The molecule has 0 heterocycles. The predicted octanol–water partition coefficient (Wildman–Crippen LogP) is 0.707. The highest BCUT2D eigenvalue weighted by molar-refractivity contribution is 5.94. The van der Waals surface area contributed by atoms with E-state index in [9.17, 15) is 4.39 Å². The van der Waals surface area contributed by atoms with Gasteiger partial charge in [-0.2, -0.15) is 0 Å². The number of rotatable bonds is 1. The topological polar surface area (TPSA) is 81.4 Å². The van der Waals surface area contributed by atoms with Crippen molar-refractivity contribution in [3.05, 3.63) is 35.6 Å². The van der Waals surface area contributed by atoms with Crippen molar-refractivity contribution in [2.75, 3.05) is 0 Å². The zero-order valence-electron chi connectivity index (χ0n) is 6.17. The van der Waals surface area contributed by atoms with Gasteiger partial charge >= 0.3 is 0 Å². The van der Waals surface area contributed by atoms with E-state index in [1.54, 1.807) is 6.07 Å². The van der Waals surface area contributed by atoms with Crippen LogP contribution in [0.2, 0.25) is 0 Å². The summed E-state index contributed by atoms with van der Waals surface area (Å²) >= 11 is 0. The van der Waals surface area contributed by atoms with E-state index in [1.807, 2.05) is 0 Å². The van der Waals surface area contributed by atoms with Crippen LogP contribution in [-0.4, -0.2) is 11.3 Å². The molecule has 5 heteroatoms. The summed E-state index contributed by atoms with van der Waals surface area (Å²) in [6.45, 7) is 0. The van der Waals surface area contributed by atoms with Crippen LogP contribution >= 0.6 is 12.4 Å². The molecular formula is C7H10ClFN2O. The van der Waals surface area contributed by atoms with Crippen molar-refractivity contribution in [2.45, 2.75) is 0 Å². The van der Waals surface area contributed by atoms with Crippen LogP contribution in [0, 0.1) is 11.2 Å². The van der Waals surface area contributed by atoms with E-state index in [0.717, 1.165) is 0 Å². The highest BCUT2D eigenvalue weighted by Gasteiger charge is 1.95. The molecule has 0 radical (unpaired) electrons. The van der Waals surface area contributed by atoms with Crippen LogP contribution in [0.15, 0.2) is 24.3 Å². The zero-order valence-corrected chi connectivity index (χ0v) is 6.99. The average Bonchev–Trinajstić information content (AvgIpc) is 1.88. The standard InChI is InChI=1S/C7H7FN2.ClH.H2O/c8-6-3-1-2-5(4-6)7(9)10;;/h1-4H,(H3,9,10);1H;1H2. The number of hydrogen-bond donors (Lipinski definition) is 2. The molecule has 12 heavy (non-hydrogen) atoms. The van der Waals surface area contributed by atoms with Crippen LogP contribution in [0.4, 0.5) is 4.39 Å². The fraction of sp³-hybridized carbons (Fsp3) is 0. The normalized spacial score (nSPS) is 7.75. The first-order valence-electron chi connectivity index (χ1n) is 2.80. The maximum atomic E-state index is 12.4. The molecule has 0 aliphatic carbocycles. The Labute approximate surface area is 75.6 Å². The van der Waals surface area contributed by atoms with Crippen molar-refractivity contribution in [1.82, 2.24) is 0 Å². The van der Waals surface area contributed by atoms with Gasteiger partial charge in [0.15, 0.2) is 0 Å². The molecule has 68 valence electrons. The molecule has 0 aromatic heterocycles. The first kappa shape index (κ1) is 13.5. The van der Waals surface area contributed by atoms with E-state index in [2.05, 4.69) is 0 Å². The average molecular weight is 193 g/mol. The van der Waals surface area contributed by atoms with Gasteiger partial charge in [0.25, 0.3) is 0 Å². The summed E-state index contributed by atoms with van der Waals surface area (Å²) in [7, 11) is 0. The number of nitrogens with two attached hydrogens (primary N) is 1. The molecule has 0 aliphatic heterocycles. The predicted molar refractivity (Wildman–Crippen MR) is 48.3 cm³/mol. The Morgan fingerprint density at radius 2 is 2.00 bits per heavy atom. The Morgan fingerprint density at radius 3 is 2.33 bits per heavy atom. The monoisotopic (exact) mass is 192 g/mol. The number of amidine groups is 1. The number of halogens is 2. The van der Waals surface area contributed by atoms with Crippen molar-refractivity contribution in [3.8, 4) is 0 Å². The molecule has 5 N–H and O–H groups in total.